The predicted molar refractivity (Wildman–Crippen MR) is 252 cm³/mol. The minimum atomic E-state index is -2.89. The number of nitrogens with zero attached hydrogens (tertiary/aromatic N) is 2. The molecular weight excluding hydrogens is 737 g/mol. The van der Waals surface area contributed by atoms with E-state index in [1.165, 1.54) is 95.9 Å². The molecule has 0 spiro atoms. The Bertz CT molecular complexity index is 3450. The van der Waals surface area contributed by atoms with Crippen LogP contribution in [-0.4, -0.2) is 17.2 Å². The van der Waals surface area contributed by atoms with E-state index >= 15 is 0 Å². The van der Waals surface area contributed by atoms with Gasteiger partial charge in [-0.15, -0.1) is 11.3 Å². The van der Waals surface area contributed by atoms with Crippen LogP contribution in [0.15, 0.2) is 218 Å². The van der Waals surface area contributed by atoms with Gasteiger partial charge in [-0.3, -0.25) is 0 Å². The molecule has 58 heavy (non-hydrogen) atoms. The molecule has 2 nitrogen and oxygen atoms in total. The fraction of sp³-hybridized carbons (Fsp3) is 0. The van der Waals surface area contributed by atoms with Crippen LogP contribution in [0.2, 0.25) is 0 Å². The zero-order chi connectivity index (χ0) is 38.2. The number of thiophene rings is 1. The average Bonchev–Trinajstić information content (AvgIpc) is 3.96. The van der Waals surface area contributed by atoms with E-state index in [2.05, 4.69) is 228 Å². The highest BCUT2D eigenvalue weighted by molar-refractivity contribution is 7.26. The summed E-state index contributed by atoms with van der Waals surface area (Å²) in [6.07, 6.45) is 0. The SMILES string of the molecule is c1ccc(-n2c3ccccc3c3ccc([Si](c4ccccc4)(c4ccccc4)c4ccc(-n5c6ccccc6c6ccc7c8ccccc8sc7c65)cc4)cc32)cc1. The van der Waals surface area contributed by atoms with Gasteiger partial charge in [-0.2, -0.15) is 0 Å². The highest BCUT2D eigenvalue weighted by Crippen LogP contribution is 2.43. The average molecular weight is 773 g/mol. The maximum Gasteiger partial charge on any atom is 0.179 e. The Balaban J connectivity index is 1.14. The van der Waals surface area contributed by atoms with E-state index < -0.39 is 8.07 Å². The van der Waals surface area contributed by atoms with Crippen LogP contribution in [0.3, 0.4) is 0 Å². The van der Waals surface area contributed by atoms with Crippen LogP contribution in [0.1, 0.15) is 0 Å². The lowest BCUT2D eigenvalue weighted by atomic mass is 10.1. The van der Waals surface area contributed by atoms with Crippen molar-refractivity contribution in [2.45, 2.75) is 0 Å². The van der Waals surface area contributed by atoms with Gasteiger partial charge in [0.2, 0.25) is 0 Å². The Kier molecular flexibility index (Phi) is 7.46. The molecule has 3 heterocycles. The van der Waals surface area contributed by atoms with Gasteiger partial charge in [0.15, 0.2) is 8.07 Å². The first-order valence-corrected chi connectivity index (χ1v) is 22.8. The molecule has 0 aliphatic carbocycles. The van der Waals surface area contributed by atoms with Crippen LogP contribution in [-0.2, 0) is 0 Å². The molecule has 0 bridgehead atoms. The van der Waals surface area contributed by atoms with E-state index in [9.17, 15) is 0 Å². The summed E-state index contributed by atoms with van der Waals surface area (Å²) < 4.78 is 7.61. The third-order valence-corrected chi connectivity index (χ3v) is 18.2. The Morgan fingerprint density at radius 3 is 1.47 bits per heavy atom. The van der Waals surface area contributed by atoms with Crippen LogP contribution in [0, 0.1) is 0 Å². The second-order valence-corrected chi connectivity index (χ2v) is 20.1. The standard InChI is InChI=1S/C54H36N2SSi/c1-4-16-37(17-5-1)55-49-25-13-10-22-43(49)45-33-32-42(36-51(45)55)58(39-18-6-2-7-19-39,40-20-8-3-9-21-40)41-30-28-38(29-31-41)56-50-26-14-11-23-44(50)47-34-35-48-46-24-12-15-27-52(46)57-54(48)53(47)56/h1-36H. The zero-order valence-electron chi connectivity index (χ0n) is 31.6. The molecule has 0 saturated carbocycles. The van der Waals surface area contributed by atoms with Crippen molar-refractivity contribution in [3.63, 3.8) is 0 Å². The molecule has 0 N–H and O–H groups in total. The number of hydrogen-bond acceptors (Lipinski definition) is 1. The molecule has 9 aromatic carbocycles. The van der Waals surface area contributed by atoms with E-state index in [1.807, 2.05) is 11.3 Å². The van der Waals surface area contributed by atoms with Gasteiger partial charge < -0.3 is 9.13 Å². The van der Waals surface area contributed by atoms with E-state index in [4.69, 9.17) is 0 Å². The van der Waals surface area contributed by atoms with Crippen molar-refractivity contribution in [1.29, 1.82) is 0 Å². The molecule has 12 aromatic rings. The van der Waals surface area contributed by atoms with Gasteiger partial charge in [0, 0.05) is 48.4 Å². The van der Waals surface area contributed by atoms with Gasteiger partial charge in [0.25, 0.3) is 0 Å². The van der Waals surface area contributed by atoms with Crippen LogP contribution < -0.4 is 20.7 Å². The summed E-state index contributed by atoms with van der Waals surface area (Å²) in [5.41, 5.74) is 7.29. The van der Waals surface area contributed by atoms with Crippen LogP contribution >= 0.6 is 11.3 Å². The molecule has 272 valence electrons. The molecule has 0 radical (unpaired) electrons. The summed E-state index contributed by atoms with van der Waals surface area (Å²) in [7, 11) is -2.89. The number of aromatic nitrogens is 2. The summed E-state index contributed by atoms with van der Waals surface area (Å²) in [4.78, 5) is 0. The van der Waals surface area contributed by atoms with Crippen molar-refractivity contribution in [2.24, 2.45) is 0 Å². The molecule has 12 rings (SSSR count). The Morgan fingerprint density at radius 1 is 0.310 bits per heavy atom. The Morgan fingerprint density at radius 2 is 0.776 bits per heavy atom. The maximum atomic E-state index is 2.51. The van der Waals surface area contributed by atoms with Crippen molar-refractivity contribution < 1.29 is 0 Å². The summed E-state index contributed by atoms with van der Waals surface area (Å²) >= 11 is 1.90. The molecule has 0 saturated heterocycles. The van der Waals surface area contributed by atoms with Crippen molar-refractivity contribution in [1.82, 2.24) is 9.13 Å². The van der Waals surface area contributed by atoms with Gasteiger partial charge in [0.1, 0.15) is 0 Å². The van der Waals surface area contributed by atoms with Crippen LogP contribution in [0.5, 0.6) is 0 Å². The van der Waals surface area contributed by atoms with Gasteiger partial charge in [-0.1, -0.05) is 170 Å². The van der Waals surface area contributed by atoms with E-state index in [1.54, 1.807) is 0 Å². The summed E-state index contributed by atoms with van der Waals surface area (Å²) in [5, 5.41) is 13.2. The van der Waals surface area contributed by atoms with Crippen molar-refractivity contribution in [3.8, 4) is 11.4 Å². The molecule has 3 aromatic heterocycles. The monoisotopic (exact) mass is 772 g/mol. The van der Waals surface area contributed by atoms with Crippen molar-refractivity contribution in [3.05, 3.63) is 218 Å². The fourth-order valence-corrected chi connectivity index (χ4v) is 15.8. The number of para-hydroxylation sites is 3. The second kappa shape index (κ2) is 13.0. The fourth-order valence-electron chi connectivity index (χ4n) is 9.79. The molecule has 0 amide bonds. The first-order chi connectivity index (χ1) is 28.8. The normalized spacial score (nSPS) is 12.1. The number of rotatable bonds is 6. The molecule has 4 heteroatoms. The second-order valence-electron chi connectivity index (χ2n) is 15.2. The van der Waals surface area contributed by atoms with Gasteiger partial charge >= 0.3 is 0 Å². The smallest absolute Gasteiger partial charge is 0.179 e. The largest absolute Gasteiger partial charge is 0.309 e. The summed E-state index contributed by atoms with van der Waals surface area (Å²) in [6.45, 7) is 0. The van der Waals surface area contributed by atoms with Gasteiger partial charge in [-0.05, 0) is 69.3 Å². The molecule has 0 aliphatic heterocycles. The first kappa shape index (κ1) is 33.2. The minimum Gasteiger partial charge on any atom is -0.309 e. The Hall–Kier alpha value is -6.98. The van der Waals surface area contributed by atoms with Gasteiger partial charge in [0.05, 0.1) is 26.8 Å². The van der Waals surface area contributed by atoms with Crippen LogP contribution in [0.25, 0.3) is 75.2 Å². The van der Waals surface area contributed by atoms with Gasteiger partial charge in [-0.25, -0.2) is 0 Å². The lowest BCUT2D eigenvalue weighted by Crippen LogP contribution is -2.74. The highest BCUT2D eigenvalue weighted by Gasteiger charge is 2.42. The summed E-state index contributed by atoms with van der Waals surface area (Å²) in [6, 6.07) is 81.5. The molecule has 0 atom stereocenters. The topological polar surface area (TPSA) is 9.86 Å². The first-order valence-electron chi connectivity index (χ1n) is 19.9. The number of hydrogen-bond donors (Lipinski definition) is 0. The molecule has 0 aliphatic rings. The lowest BCUT2D eigenvalue weighted by molar-refractivity contribution is 1.18. The van der Waals surface area contributed by atoms with Crippen molar-refractivity contribution >= 4 is 104 Å². The van der Waals surface area contributed by atoms with Crippen LogP contribution in [0.4, 0.5) is 0 Å². The quantitative estimate of drug-likeness (QED) is 0.118. The number of benzene rings is 9. The third kappa shape index (κ3) is 4.76. The highest BCUT2D eigenvalue weighted by atomic mass is 32.1. The van der Waals surface area contributed by atoms with E-state index in [0.717, 1.165) is 0 Å². The maximum absolute atomic E-state index is 2.89. The van der Waals surface area contributed by atoms with E-state index in [-0.39, 0.29) is 0 Å². The zero-order valence-corrected chi connectivity index (χ0v) is 33.4. The van der Waals surface area contributed by atoms with E-state index in [0.29, 0.717) is 0 Å². The molecule has 0 unspecified atom stereocenters. The molecular formula is C54H36N2SSi. The van der Waals surface area contributed by atoms with Crippen molar-refractivity contribution in [2.75, 3.05) is 0 Å². The summed E-state index contributed by atoms with van der Waals surface area (Å²) in [5.74, 6) is 0. The predicted octanol–water partition coefficient (Wildman–Crippen LogP) is 11.6. The lowest BCUT2D eigenvalue weighted by Gasteiger charge is -2.34. The third-order valence-electron chi connectivity index (χ3n) is 12.3. The number of fused-ring (bicyclic) bond motifs is 10. The molecule has 0 fully saturated rings. The Labute approximate surface area is 341 Å². The minimum absolute atomic E-state index is 1.17.